The molecule has 1 unspecified atom stereocenters. The molecule has 1 N–H and O–H groups in total. The van der Waals surface area contributed by atoms with Crippen LogP contribution in [-0.4, -0.2) is 23.6 Å². The molecule has 1 heterocycles. The van der Waals surface area contributed by atoms with Crippen LogP contribution in [0, 0.1) is 5.92 Å². The molecule has 0 bridgehead atoms. The summed E-state index contributed by atoms with van der Waals surface area (Å²) >= 11 is 0. The summed E-state index contributed by atoms with van der Waals surface area (Å²) in [6.07, 6.45) is 8.49. The van der Waals surface area contributed by atoms with Gasteiger partial charge in [0.25, 0.3) is 0 Å². The smallest absolute Gasteiger partial charge is 0.159 e. The number of hydrogen-bond donors (Lipinski definition) is 1. The number of ether oxygens (including phenoxy) is 1. The number of rotatable bonds is 7. The Morgan fingerprint density at radius 3 is 2.62 bits per heavy atom. The van der Waals surface area contributed by atoms with Crippen molar-refractivity contribution in [2.75, 3.05) is 19.0 Å². The maximum atomic E-state index is 5.78. The maximum Gasteiger partial charge on any atom is 0.159 e. The molecule has 1 saturated carbocycles. The second kappa shape index (κ2) is 8.32. The van der Waals surface area contributed by atoms with Crippen LogP contribution in [0.1, 0.15) is 70.0 Å². The molecule has 1 aromatic heterocycles. The number of aromatic nitrogens is 2. The Labute approximate surface area is 128 Å². The maximum absolute atomic E-state index is 5.78. The molecule has 1 aromatic rings. The SMILES string of the molecule is CCCNc1cc(CC)nc(C(OC)C2CCCCC2)n1. The average molecular weight is 291 g/mol. The summed E-state index contributed by atoms with van der Waals surface area (Å²) in [7, 11) is 1.79. The minimum absolute atomic E-state index is 0.0407. The summed E-state index contributed by atoms with van der Waals surface area (Å²) in [5.74, 6) is 2.37. The van der Waals surface area contributed by atoms with E-state index in [0.717, 1.165) is 36.7 Å². The molecule has 0 spiro atoms. The van der Waals surface area contributed by atoms with E-state index in [1.807, 2.05) is 0 Å². The van der Waals surface area contributed by atoms with Gasteiger partial charge in [-0.05, 0) is 31.6 Å². The molecule has 4 nitrogen and oxygen atoms in total. The predicted molar refractivity (Wildman–Crippen MR) is 86.5 cm³/mol. The molecule has 0 saturated heterocycles. The van der Waals surface area contributed by atoms with Crippen LogP contribution in [0.25, 0.3) is 0 Å². The van der Waals surface area contributed by atoms with Gasteiger partial charge in [0.2, 0.25) is 0 Å². The van der Waals surface area contributed by atoms with Gasteiger partial charge < -0.3 is 10.1 Å². The largest absolute Gasteiger partial charge is 0.373 e. The Balaban J connectivity index is 2.21. The topological polar surface area (TPSA) is 47.0 Å². The van der Waals surface area contributed by atoms with E-state index in [9.17, 15) is 0 Å². The normalized spacial score (nSPS) is 17.7. The van der Waals surface area contributed by atoms with Crippen molar-refractivity contribution in [3.63, 3.8) is 0 Å². The summed E-state index contributed by atoms with van der Waals surface area (Å²) in [6, 6.07) is 2.06. The average Bonchev–Trinajstić information content (AvgIpc) is 2.54. The molecule has 4 heteroatoms. The Hall–Kier alpha value is -1.16. The first-order valence-electron chi connectivity index (χ1n) is 8.43. The Kier molecular flexibility index (Phi) is 6.43. The van der Waals surface area contributed by atoms with Crippen LogP contribution in [0.5, 0.6) is 0 Å². The lowest BCUT2D eigenvalue weighted by molar-refractivity contribution is 0.0289. The number of hydrogen-bond acceptors (Lipinski definition) is 4. The van der Waals surface area contributed by atoms with Gasteiger partial charge in [-0.1, -0.05) is 33.1 Å². The molecule has 0 aliphatic heterocycles. The monoisotopic (exact) mass is 291 g/mol. The third kappa shape index (κ3) is 4.40. The summed E-state index contributed by atoms with van der Waals surface area (Å²) in [5, 5.41) is 3.38. The van der Waals surface area contributed by atoms with Crippen molar-refractivity contribution in [3.05, 3.63) is 17.6 Å². The first-order chi connectivity index (χ1) is 10.3. The zero-order valence-corrected chi connectivity index (χ0v) is 13.7. The standard InChI is InChI=1S/C17H29N3O/c1-4-11-18-15-12-14(5-2)19-17(20-15)16(21-3)13-9-7-6-8-10-13/h12-13,16H,4-11H2,1-3H3,(H,18,19,20). The molecule has 1 atom stereocenters. The van der Waals surface area contributed by atoms with Gasteiger partial charge in [0.1, 0.15) is 11.9 Å². The highest BCUT2D eigenvalue weighted by molar-refractivity contribution is 5.36. The third-order valence-electron chi connectivity index (χ3n) is 4.30. The first-order valence-corrected chi connectivity index (χ1v) is 8.43. The van der Waals surface area contributed by atoms with E-state index in [4.69, 9.17) is 14.7 Å². The number of methoxy groups -OCH3 is 1. The molecule has 1 aliphatic rings. The number of anilines is 1. The molecule has 21 heavy (non-hydrogen) atoms. The highest BCUT2D eigenvalue weighted by Gasteiger charge is 2.27. The van der Waals surface area contributed by atoms with Crippen LogP contribution in [0.15, 0.2) is 6.07 Å². The van der Waals surface area contributed by atoms with Crippen molar-refractivity contribution >= 4 is 5.82 Å². The van der Waals surface area contributed by atoms with Gasteiger partial charge in [0, 0.05) is 25.4 Å². The Bertz CT molecular complexity index is 430. The molecule has 0 amide bonds. The van der Waals surface area contributed by atoms with E-state index < -0.39 is 0 Å². The van der Waals surface area contributed by atoms with Gasteiger partial charge in [0.05, 0.1) is 0 Å². The minimum atomic E-state index is 0.0407. The fourth-order valence-electron chi connectivity index (χ4n) is 3.12. The second-order valence-electron chi connectivity index (χ2n) is 5.94. The van der Waals surface area contributed by atoms with Gasteiger partial charge in [-0.3, -0.25) is 0 Å². The van der Waals surface area contributed by atoms with Gasteiger partial charge in [0.15, 0.2) is 5.82 Å². The van der Waals surface area contributed by atoms with E-state index in [-0.39, 0.29) is 6.10 Å². The molecule has 1 aliphatic carbocycles. The van der Waals surface area contributed by atoms with E-state index in [1.54, 1.807) is 7.11 Å². The van der Waals surface area contributed by atoms with Crippen LogP contribution in [0.4, 0.5) is 5.82 Å². The summed E-state index contributed by atoms with van der Waals surface area (Å²) in [6.45, 7) is 5.24. The van der Waals surface area contributed by atoms with Gasteiger partial charge in [-0.25, -0.2) is 9.97 Å². The van der Waals surface area contributed by atoms with Crippen LogP contribution in [0.3, 0.4) is 0 Å². The van der Waals surface area contributed by atoms with Crippen molar-refractivity contribution < 1.29 is 4.74 Å². The summed E-state index contributed by atoms with van der Waals surface area (Å²) in [4.78, 5) is 9.45. The van der Waals surface area contributed by atoms with Crippen LogP contribution in [0.2, 0.25) is 0 Å². The summed E-state index contributed by atoms with van der Waals surface area (Å²) < 4.78 is 5.78. The van der Waals surface area contributed by atoms with Gasteiger partial charge in [-0.2, -0.15) is 0 Å². The van der Waals surface area contributed by atoms with Crippen molar-refractivity contribution in [1.82, 2.24) is 9.97 Å². The summed E-state index contributed by atoms with van der Waals surface area (Å²) in [5.41, 5.74) is 1.09. The number of nitrogens with one attached hydrogen (secondary N) is 1. The fraction of sp³-hybridized carbons (Fsp3) is 0.765. The predicted octanol–water partition coefficient (Wildman–Crippen LogP) is 4.13. The molecular weight excluding hydrogens is 262 g/mol. The third-order valence-corrected chi connectivity index (χ3v) is 4.30. The first kappa shape index (κ1) is 16.2. The van der Waals surface area contributed by atoms with E-state index >= 15 is 0 Å². The van der Waals surface area contributed by atoms with Crippen molar-refractivity contribution in [2.24, 2.45) is 5.92 Å². The van der Waals surface area contributed by atoms with E-state index in [0.29, 0.717) is 5.92 Å². The highest BCUT2D eigenvalue weighted by atomic mass is 16.5. The Morgan fingerprint density at radius 1 is 1.24 bits per heavy atom. The fourth-order valence-corrected chi connectivity index (χ4v) is 3.12. The van der Waals surface area contributed by atoms with E-state index in [1.165, 1.54) is 32.1 Å². The molecule has 1 fully saturated rings. The van der Waals surface area contributed by atoms with Crippen molar-refractivity contribution in [1.29, 1.82) is 0 Å². The Morgan fingerprint density at radius 2 is 2.00 bits per heavy atom. The lowest BCUT2D eigenvalue weighted by Gasteiger charge is -2.28. The van der Waals surface area contributed by atoms with Crippen LogP contribution >= 0.6 is 0 Å². The quantitative estimate of drug-likeness (QED) is 0.820. The highest BCUT2D eigenvalue weighted by Crippen LogP contribution is 2.35. The lowest BCUT2D eigenvalue weighted by atomic mass is 9.85. The molecular formula is C17H29N3O. The number of nitrogens with zero attached hydrogens (tertiary/aromatic N) is 2. The zero-order chi connectivity index (χ0) is 15.1. The molecule has 2 rings (SSSR count). The zero-order valence-electron chi connectivity index (χ0n) is 13.7. The number of aryl methyl sites for hydroxylation is 1. The van der Waals surface area contributed by atoms with E-state index in [2.05, 4.69) is 25.2 Å². The van der Waals surface area contributed by atoms with Crippen molar-refractivity contribution in [3.8, 4) is 0 Å². The molecule has 0 radical (unpaired) electrons. The molecule has 0 aromatic carbocycles. The van der Waals surface area contributed by atoms with Gasteiger partial charge in [-0.15, -0.1) is 0 Å². The minimum Gasteiger partial charge on any atom is -0.373 e. The van der Waals surface area contributed by atoms with Crippen molar-refractivity contribution in [2.45, 2.75) is 64.9 Å². The van der Waals surface area contributed by atoms with Crippen LogP contribution in [-0.2, 0) is 11.2 Å². The van der Waals surface area contributed by atoms with Crippen LogP contribution < -0.4 is 5.32 Å². The lowest BCUT2D eigenvalue weighted by Crippen LogP contribution is -2.21. The van der Waals surface area contributed by atoms with Gasteiger partial charge >= 0.3 is 0 Å². The molecule has 118 valence electrons. The second-order valence-corrected chi connectivity index (χ2v) is 5.94.